The standard InChI is InChI=1S/C30H42O2/c1-9-13-22-29(7,10-2)23-31-26-18-14-24(15-19-26)28(5,6)25-16-20-27(21-17-25)32-30(8,11-3)12-4/h14-21H,9-12,23H2,1-8H3. The summed E-state index contributed by atoms with van der Waals surface area (Å²) in [6, 6.07) is 17.1. The molecule has 1 unspecified atom stereocenters. The van der Waals surface area contributed by atoms with Crippen molar-refractivity contribution in [2.45, 2.75) is 92.1 Å². The van der Waals surface area contributed by atoms with Crippen molar-refractivity contribution >= 4 is 0 Å². The van der Waals surface area contributed by atoms with Crippen molar-refractivity contribution in [1.29, 1.82) is 0 Å². The van der Waals surface area contributed by atoms with Gasteiger partial charge in [-0.3, -0.25) is 0 Å². The van der Waals surface area contributed by atoms with Gasteiger partial charge in [0.2, 0.25) is 0 Å². The van der Waals surface area contributed by atoms with E-state index in [1.54, 1.807) is 0 Å². The SMILES string of the molecule is CCC#CC(C)(CC)COc1ccc(C(C)(C)c2ccc(OC(C)(CC)CC)cc2)cc1. The highest BCUT2D eigenvalue weighted by molar-refractivity contribution is 5.42. The Balaban J connectivity index is 2.11. The molecule has 0 heterocycles. The van der Waals surface area contributed by atoms with Gasteiger partial charge in [-0.1, -0.05) is 71.7 Å². The maximum atomic E-state index is 6.25. The Morgan fingerprint density at radius 1 is 0.688 bits per heavy atom. The zero-order valence-electron chi connectivity index (χ0n) is 21.5. The van der Waals surface area contributed by atoms with Crippen molar-refractivity contribution in [2.75, 3.05) is 6.61 Å². The molecule has 0 N–H and O–H groups in total. The largest absolute Gasteiger partial charge is 0.492 e. The van der Waals surface area contributed by atoms with E-state index >= 15 is 0 Å². The van der Waals surface area contributed by atoms with Gasteiger partial charge in [0.25, 0.3) is 0 Å². The molecule has 0 aliphatic rings. The molecule has 2 heteroatoms. The van der Waals surface area contributed by atoms with E-state index in [4.69, 9.17) is 9.47 Å². The van der Waals surface area contributed by atoms with Crippen LogP contribution >= 0.6 is 0 Å². The second-order valence-electron chi connectivity index (χ2n) is 9.79. The lowest BCUT2D eigenvalue weighted by Gasteiger charge is -2.30. The summed E-state index contributed by atoms with van der Waals surface area (Å²) in [7, 11) is 0. The lowest BCUT2D eigenvalue weighted by Crippen LogP contribution is -2.30. The first kappa shape index (κ1) is 25.9. The third kappa shape index (κ3) is 6.55. The van der Waals surface area contributed by atoms with Gasteiger partial charge in [0.1, 0.15) is 23.7 Å². The average molecular weight is 435 g/mol. The molecule has 0 aromatic heterocycles. The summed E-state index contributed by atoms with van der Waals surface area (Å²) in [5.74, 6) is 8.40. The molecule has 0 aliphatic heterocycles. The second-order valence-corrected chi connectivity index (χ2v) is 9.79. The fraction of sp³-hybridized carbons (Fsp3) is 0.533. The molecule has 0 amide bonds. The minimum Gasteiger partial charge on any atom is -0.492 e. The van der Waals surface area contributed by atoms with Crippen molar-refractivity contribution in [3.05, 3.63) is 59.7 Å². The van der Waals surface area contributed by atoms with Crippen LogP contribution in [-0.4, -0.2) is 12.2 Å². The van der Waals surface area contributed by atoms with Crippen molar-refractivity contribution in [3.63, 3.8) is 0 Å². The molecule has 2 nitrogen and oxygen atoms in total. The monoisotopic (exact) mass is 434 g/mol. The van der Waals surface area contributed by atoms with Crippen LogP contribution in [0.4, 0.5) is 0 Å². The molecular formula is C30H42O2. The fourth-order valence-corrected chi connectivity index (χ4v) is 3.52. The van der Waals surface area contributed by atoms with Crippen LogP contribution in [0.25, 0.3) is 0 Å². The zero-order valence-corrected chi connectivity index (χ0v) is 21.5. The maximum absolute atomic E-state index is 6.25. The molecule has 0 fully saturated rings. The van der Waals surface area contributed by atoms with Crippen LogP contribution in [0.15, 0.2) is 48.5 Å². The Kier molecular flexibility index (Phi) is 8.85. The van der Waals surface area contributed by atoms with Crippen molar-refractivity contribution in [3.8, 4) is 23.3 Å². The molecule has 174 valence electrons. The summed E-state index contributed by atoms with van der Waals surface area (Å²) in [5.41, 5.74) is 2.20. The third-order valence-electron chi connectivity index (χ3n) is 6.92. The molecule has 32 heavy (non-hydrogen) atoms. The van der Waals surface area contributed by atoms with Gasteiger partial charge in [0.05, 0.1) is 5.41 Å². The predicted molar refractivity (Wildman–Crippen MR) is 137 cm³/mol. The Hall–Kier alpha value is -2.40. The van der Waals surface area contributed by atoms with Crippen molar-refractivity contribution in [2.24, 2.45) is 5.41 Å². The highest BCUT2D eigenvalue weighted by atomic mass is 16.5. The first-order chi connectivity index (χ1) is 15.1. The summed E-state index contributed by atoms with van der Waals surface area (Å²) in [6.07, 6.45) is 3.84. The van der Waals surface area contributed by atoms with E-state index < -0.39 is 0 Å². The first-order valence-electron chi connectivity index (χ1n) is 12.1. The molecule has 0 spiro atoms. The quantitative estimate of drug-likeness (QED) is 0.351. The predicted octanol–water partition coefficient (Wildman–Crippen LogP) is 8.18. The van der Waals surface area contributed by atoms with Crippen LogP contribution < -0.4 is 9.47 Å². The van der Waals surface area contributed by atoms with Gasteiger partial charge in [-0.05, 0) is 68.5 Å². The minimum atomic E-state index is -0.111. The first-order valence-corrected chi connectivity index (χ1v) is 12.1. The summed E-state index contributed by atoms with van der Waals surface area (Å²) < 4.78 is 12.3. The van der Waals surface area contributed by atoms with Crippen molar-refractivity contribution < 1.29 is 9.47 Å². The Bertz CT molecular complexity index is 893. The summed E-state index contributed by atoms with van der Waals surface area (Å²) in [6.45, 7) is 18.1. The van der Waals surface area contributed by atoms with Crippen molar-refractivity contribution in [1.82, 2.24) is 0 Å². The average Bonchev–Trinajstić information content (AvgIpc) is 2.82. The van der Waals surface area contributed by atoms with Crippen LogP contribution in [0.3, 0.4) is 0 Å². The van der Waals surface area contributed by atoms with E-state index in [1.165, 1.54) is 11.1 Å². The molecule has 2 aromatic carbocycles. The molecule has 0 aliphatic carbocycles. The fourth-order valence-electron chi connectivity index (χ4n) is 3.52. The van der Waals surface area contributed by atoms with Gasteiger partial charge in [0.15, 0.2) is 0 Å². The zero-order chi connectivity index (χ0) is 23.8. The normalized spacial score (nSPS) is 13.6. The summed E-state index contributed by atoms with van der Waals surface area (Å²) >= 11 is 0. The Morgan fingerprint density at radius 2 is 1.19 bits per heavy atom. The summed E-state index contributed by atoms with van der Waals surface area (Å²) in [5, 5.41) is 0. The molecule has 0 radical (unpaired) electrons. The number of benzene rings is 2. The molecule has 2 rings (SSSR count). The van der Waals surface area contributed by atoms with E-state index in [2.05, 4.69) is 116 Å². The van der Waals surface area contributed by atoms with Gasteiger partial charge >= 0.3 is 0 Å². The van der Waals surface area contributed by atoms with Crippen LogP contribution in [0.5, 0.6) is 11.5 Å². The van der Waals surface area contributed by atoms with Gasteiger partial charge < -0.3 is 9.47 Å². The highest BCUT2D eigenvalue weighted by Gasteiger charge is 2.25. The number of rotatable bonds is 10. The number of hydrogen-bond acceptors (Lipinski definition) is 2. The second kappa shape index (κ2) is 11.0. The lowest BCUT2D eigenvalue weighted by molar-refractivity contribution is 0.0802. The van der Waals surface area contributed by atoms with Crippen LogP contribution in [0.2, 0.25) is 0 Å². The van der Waals surface area contributed by atoms with Gasteiger partial charge in [-0.15, -0.1) is 5.92 Å². The maximum Gasteiger partial charge on any atom is 0.120 e. The molecule has 1 atom stereocenters. The minimum absolute atomic E-state index is 0.108. The molecular weight excluding hydrogens is 392 g/mol. The number of ether oxygens (including phenoxy) is 2. The van der Waals surface area contributed by atoms with E-state index in [1.807, 2.05) is 0 Å². The van der Waals surface area contributed by atoms with Crippen LogP contribution in [0.1, 0.15) is 92.2 Å². The van der Waals surface area contributed by atoms with E-state index in [9.17, 15) is 0 Å². The number of hydrogen-bond donors (Lipinski definition) is 0. The summed E-state index contributed by atoms with van der Waals surface area (Å²) in [4.78, 5) is 0. The lowest BCUT2D eigenvalue weighted by atomic mass is 9.78. The molecule has 2 aromatic rings. The van der Waals surface area contributed by atoms with Crippen LogP contribution in [-0.2, 0) is 5.41 Å². The highest BCUT2D eigenvalue weighted by Crippen LogP contribution is 2.34. The molecule has 0 bridgehead atoms. The molecule has 0 saturated carbocycles. The van der Waals surface area contributed by atoms with E-state index in [-0.39, 0.29) is 16.4 Å². The Morgan fingerprint density at radius 3 is 1.62 bits per heavy atom. The van der Waals surface area contributed by atoms with E-state index in [0.717, 1.165) is 37.2 Å². The van der Waals surface area contributed by atoms with Gasteiger partial charge in [-0.2, -0.15) is 0 Å². The molecule has 0 saturated heterocycles. The van der Waals surface area contributed by atoms with E-state index in [0.29, 0.717) is 6.61 Å². The third-order valence-corrected chi connectivity index (χ3v) is 6.92. The van der Waals surface area contributed by atoms with Gasteiger partial charge in [0, 0.05) is 11.8 Å². The van der Waals surface area contributed by atoms with Crippen LogP contribution in [0, 0.1) is 17.3 Å². The topological polar surface area (TPSA) is 18.5 Å². The van der Waals surface area contributed by atoms with Gasteiger partial charge in [-0.25, -0.2) is 0 Å². The smallest absolute Gasteiger partial charge is 0.120 e. The Labute approximate surface area is 196 Å².